The lowest BCUT2D eigenvalue weighted by atomic mass is 10.5. The molecule has 0 aliphatic carbocycles. The molecule has 0 unspecified atom stereocenters. The average Bonchev–Trinajstić information content (AvgIpc) is 2.34. The molecule has 0 bridgehead atoms. The van der Waals surface area contributed by atoms with Crippen LogP contribution >= 0.6 is 11.8 Å². The highest BCUT2D eigenvalue weighted by Crippen LogP contribution is 2.17. The summed E-state index contributed by atoms with van der Waals surface area (Å²) >= 11 is 1.80. The molecular weight excluding hydrogens is 244 g/mol. The molecule has 0 aliphatic rings. The van der Waals surface area contributed by atoms with E-state index < -0.39 is 0 Å². The van der Waals surface area contributed by atoms with E-state index in [2.05, 4.69) is 41.0 Å². The summed E-state index contributed by atoms with van der Waals surface area (Å²) in [7, 11) is 0. The van der Waals surface area contributed by atoms with E-state index >= 15 is 0 Å². The summed E-state index contributed by atoms with van der Waals surface area (Å²) in [6.45, 7) is 12.7. The summed E-state index contributed by atoms with van der Waals surface area (Å²) in [6.07, 6.45) is 0. The van der Waals surface area contributed by atoms with Crippen molar-refractivity contribution in [2.24, 2.45) is 0 Å². The maximum absolute atomic E-state index is 4.49. The van der Waals surface area contributed by atoms with Gasteiger partial charge in [-0.1, -0.05) is 13.8 Å². The van der Waals surface area contributed by atoms with E-state index in [-0.39, 0.29) is 0 Å². The standard InChI is InChI=1S/C13H24N4S/c1-5-14-13-15-11(4)10-12(16-13)18-9-8-17(6-2)7-3/h10H,5-9H2,1-4H3,(H,14,15,16). The number of anilines is 1. The number of nitrogens with zero attached hydrogens (tertiary/aromatic N) is 3. The van der Waals surface area contributed by atoms with Gasteiger partial charge in [-0.25, -0.2) is 9.97 Å². The van der Waals surface area contributed by atoms with E-state index in [1.807, 2.05) is 13.0 Å². The molecule has 1 aromatic rings. The Morgan fingerprint density at radius 2 is 1.94 bits per heavy atom. The first kappa shape index (κ1) is 15.2. The molecule has 4 nitrogen and oxygen atoms in total. The fourth-order valence-electron chi connectivity index (χ4n) is 1.67. The van der Waals surface area contributed by atoms with Crippen molar-refractivity contribution in [2.75, 3.05) is 37.2 Å². The molecule has 0 spiro atoms. The third-order valence-corrected chi connectivity index (χ3v) is 3.61. The van der Waals surface area contributed by atoms with Gasteiger partial charge in [-0.15, -0.1) is 11.8 Å². The Morgan fingerprint density at radius 3 is 2.56 bits per heavy atom. The molecule has 0 atom stereocenters. The van der Waals surface area contributed by atoms with E-state index in [0.717, 1.165) is 48.6 Å². The quantitative estimate of drug-likeness (QED) is 0.580. The number of aryl methyl sites for hydroxylation is 1. The van der Waals surface area contributed by atoms with Crippen LogP contribution in [0.25, 0.3) is 0 Å². The second kappa shape index (κ2) is 8.32. The predicted octanol–water partition coefficient (Wildman–Crippen LogP) is 2.65. The first-order chi connectivity index (χ1) is 8.69. The Hall–Kier alpha value is -0.810. The van der Waals surface area contributed by atoms with Crippen LogP contribution in [0.2, 0.25) is 0 Å². The number of hydrogen-bond acceptors (Lipinski definition) is 5. The van der Waals surface area contributed by atoms with Gasteiger partial charge < -0.3 is 10.2 Å². The zero-order valence-corrected chi connectivity index (χ0v) is 12.7. The molecule has 0 aromatic carbocycles. The second-order valence-corrected chi connectivity index (χ2v) is 5.19. The van der Waals surface area contributed by atoms with Gasteiger partial charge in [0.2, 0.25) is 5.95 Å². The maximum Gasteiger partial charge on any atom is 0.223 e. The lowest BCUT2D eigenvalue weighted by molar-refractivity contribution is 0.324. The molecule has 0 saturated heterocycles. The molecule has 5 heteroatoms. The van der Waals surface area contributed by atoms with E-state index in [0.29, 0.717) is 0 Å². The van der Waals surface area contributed by atoms with Crippen molar-refractivity contribution in [2.45, 2.75) is 32.7 Å². The normalized spacial score (nSPS) is 10.9. The predicted molar refractivity (Wildman–Crippen MR) is 79.4 cm³/mol. The Bertz CT molecular complexity index is 353. The molecule has 0 radical (unpaired) electrons. The summed E-state index contributed by atoms with van der Waals surface area (Å²) in [5.41, 5.74) is 1.02. The molecule has 18 heavy (non-hydrogen) atoms. The Balaban J connectivity index is 2.51. The van der Waals surface area contributed by atoms with E-state index in [1.54, 1.807) is 11.8 Å². The molecule has 0 saturated carbocycles. The Morgan fingerprint density at radius 1 is 1.22 bits per heavy atom. The molecule has 1 N–H and O–H groups in total. The lowest BCUT2D eigenvalue weighted by Crippen LogP contribution is -2.25. The van der Waals surface area contributed by atoms with Gasteiger partial charge in [-0.3, -0.25) is 0 Å². The van der Waals surface area contributed by atoms with Crippen LogP contribution in [0.3, 0.4) is 0 Å². The monoisotopic (exact) mass is 268 g/mol. The smallest absolute Gasteiger partial charge is 0.223 e. The van der Waals surface area contributed by atoms with Gasteiger partial charge in [-0.2, -0.15) is 0 Å². The van der Waals surface area contributed by atoms with Crippen molar-refractivity contribution in [3.63, 3.8) is 0 Å². The molecule has 1 rings (SSSR count). The number of aromatic nitrogens is 2. The van der Waals surface area contributed by atoms with Crippen molar-refractivity contribution < 1.29 is 0 Å². The third kappa shape index (κ3) is 5.23. The van der Waals surface area contributed by atoms with E-state index in [4.69, 9.17) is 0 Å². The first-order valence-corrected chi connectivity index (χ1v) is 7.62. The van der Waals surface area contributed by atoms with Crippen molar-refractivity contribution in [1.29, 1.82) is 0 Å². The zero-order valence-electron chi connectivity index (χ0n) is 11.9. The fraction of sp³-hybridized carbons (Fsp3) is 0.692. The van der Waals surface area contributed by atoms with Gasteiger partial charge >= 0.3 is 0 Å². The van der Waals surface area contributed by atoms with Crippen LogP contribution in [-0.2, 0) is 0 Å². The van der Waals surface area contributed by atoms with Crippen molar-refractivity contribution >= 4 is 17.7 Å². The number of hydrogen-bond donors (Lipinski definition) is 1. The van der Waals surface area contributed by atoms with Crippen molar-refractivity contribution in [1.82, 2.24) is 14.9 Å². The average molecular weight is 268 g/mol. The van der Waals surface area contributed by atoms with Gasteiger partial charge in [0, 0.05) is 24.5 Å². The van der Waals surface area contributed by atoms with E-state index in [9.17, 15) is 0 Å². The number of rotatable bonds is 8. The van der Waals surface area contributed by atoms with Crippen LogP contribution in [0.4, 0.5) is 5.95 Å². The summed E-state index contributed by atoms with van der Waals surface area (Å²) < 4.78 is 0. The highest BCUT2D eigenvalue weighted by molar-refractivity contribution is 7.99. The summed E-state index contributed by atoms with van der Waals surface area (Å²) in [5, 5.41) is 4.23. The van der Waals surface area contributed by atoms with Gasteiger partial charge in [0.15, 0.2) is 0 Å². The highest BCUT2D eigenvalue weighted by atomic mass is 32.2. The number of nitrogens with one attached hydrogen (secondary N) is 1. The van der Waals surface area contributed by atoms with Crippen LogP contribution < -0.4 is 5.32 Å². The molecule has 1 heterocycles. The topological polar surface area (TPSA) is 41.1 Å². The maximum atomic E-state index is 4.49. The van der Waals surface area contributed by atoms with Crippen molar-refractivity contribution in [3.05, 3.63) is 11.8 Å². The lowest BCUT2D eigenvalue weighted by Gasteiger charge is -2.17. The van der Waals surface area contributed by atoms with Gasteiger partial charge in [0.05, 0.1) is 0 Å². The molecule has 102 valence electrons. The fourth-order valence-corrected chi connectivity index (χ4v) is 2.63. The van der Waals surface area contributed by atoms with Gasteiger partial charge in [0.25, 0.3) is 0 Å². The minimum atomic E-state index is 0.739. The zero-order chi connectivity index (χ0) is 13.4. The van der Waals surface area contributed by atoms with Gasteiger partial charge in [0.1, 0.15) is 5.03 Å². The van der Waals surface area contributed by atoms with Crippen LogP contribution in [0, 0.1) is 6.92 Å². The second-order valence-electron chi connectivity index (χ2n) is 4.08. The summed E-state index contributed by atoms with van der Waals surface area (Å²) in [5.74, 6) is 1.81. The SMILES string of the molecule is CCNc1nc(C)cc(SCCN(CC)CC)n1. The molecule has 0 fully saturated rings. The minimum Gasteiger partial charge on any atom is -0.354 e. The van der Waals surface area contributed by atoms with Crippen LogP contribution in [0.1, 0.15) is 26.5 Å². The molecule has 0 aliphatic heterocycles. The Labute approximate surface area is 115 Å². The molecular formula is C13H24N4S. The van der Waals surface area contributed by atoms with Crippen LogP contribution in [0.5, 0.6) is 0 Å². The van der Waals surface area contributed by atoms with Crippen LogP contribution in [0.15, 0.2) is 11.1 Å². The first-order valence-electron chi connectivity index (χ1n) is 6.64. The van der Waals surface area contributed by atoms with E-state index in [1.165, 1.54) is 0 Å². The highest BCUT2D eigenvalue weighted by Gasteiger charge is 2.04. The molecule has 0 amide bonds. The van der Waals surface area contributed by atoms with Crippen molar-refractivity contribution in [3.8, 4) is 0 Å². The minimum absolute atomic E-state index is 0.739. The summed E-state index contributed by atoms with van der Waals surface area (Å²) in [6, 6.07) is 2.05. The van der Waals surface area contributed by atoms with Gasteiger partial charge in [-0.05, 0) is 33.0 Å². The summed E-state index contributed by atoms with van der Waals surface area (Å²) in [4.78, 5) is 11.3. The largest absolute Gasteiger partial charge is 0.354 e. The van der Waals surface area contributed by atoms with Crippen LogP contribution in [-0.4, -0.2) is 46.8 Å². The Kier molecular flexibility index (Phi) is 7.05. The molecule has 1 aromatic heterocycles. The number of thioether (sulfide) groups is 1. The third-order valence-electron chi connectivity index (χ3n) is 2.72.